The second-order valence-corrected chi connectivity index (χ2v) is 3.72. The minimum absolute atomic E-state index is 0.336. The van der Waals surface area contributed by atoms with E-state index < -0.39 is 12.0 Å². The summed E-state index contributed by atoms with van der Waals surface area (Å²) in [6.45, 7) is 1.70. The first kappa shape index (κ1) is 11.0. The highest BCUT2D eigenvalue weighted by Crippen LogP contribution is 2.09. The number of carboxylic acids is 1. The van der Waals surface area contributed by atoms with Crippen LogP contribution in [0.3, 0.4) is 0 Å². The number of aryl methyl sites for hydroxylation is 1. The molecule has 1 atom stereocenters. The van der Waals surface area contributed by atoms with Crippen LogP contribution in [-0.2, 0) is 10.5 Å². The van der Waals surface area contributed by atoms with Crippen LogP contribution in [0.5, 0.6) is 0 Å². The molecule has 1 aromatic rings. The van der Waals surface area contributed by atoms with Crippen molar-refractivity contribution >= 4 is 17.7 Å². The topological polar surface area (TPSA) is 102 Å². The third-order valence-corrected chi connectivity index (χ3v) is 2.47. The van der Waals surface area contributed by atoms with Crippen molar-refractivity contribution in [3.05, 3.63) is 11.7 Å². The highest BCUT2D eigenvalue weighted by atomic mass is 32.2. The molecule has 1 rings (SSSR count). The average Bonchev–Trinajstić information content (AvgIpc) is 2.51. The Morgan fingerprint density at radius 1 is 1.79 bits per heavy atom. The molecule has 0 aliphatic carbocycles. The van der Waals surface area contributed by atoms with E-state index in [1.165, 1.54) is 11.8 Å². The molecule has 6 nitrogen and oxygen atoms in total. The molecule has 1 heterocycles. The van der Waals surface area contributed by atoms with E-state index >= 15 is 0 Å². The fourth-order valence-electron chi connectivity index (χ4n) is 0.748. The van der Waals surface area contributed by atoms with Gasteiger partial charge in [0.1, 0.15) is 6.04 Å². The number of nitrogens with zero attached hydrogens (tertiary/aromatic N) is 2. The fourth-order valence-corrected chi connectivity index (χ4v) is 1.56. The molecule has 0 unspecified atom stereocenters. The van der Waals surface area contributed by atoms with Gasteiger partial charge < -0.3 is 15.4 Å². The number of rotatable bonds is 5. The van der Waals surface area contributed by atoms with Crippen LogP contribution in [0.25, 0.3) is 0 Å². The van der Waals surface area contributed by atoms with E-state index in [0.29, 0.717) is 23.2 Å². The normalized spacial score (nSPS) is 12.7. The largest absolute Gasteiger partial charge is 0.480 e. The molecule has 0 saturated heterocycles. The quantitative estimate of drug-likeness (QED) is 0.716. The van der Waals surface area contributed by atoms with Crippen LogP contribution in [0, 0.1) is 6.92 Å². The predicted molar refractivity (Wildman–Crippen MR) is 50.8 cm³/mol. The minimum atomic E-state index is -0.998. The Hall–Kier alpha value is -1.08. The zero-order valence-electron chi connectivity index (χ0n) is 7.64. The van der Waals surface area contributed by atoms with Crippen molar-refractivity contribution < 1.29 is 14.4 Å². The summed E-state index contributed by atoms with van der Waals surface area (Å²) in [4.78, 5) is 14.3. The molecule has 1 aromatic heterocycles. The van der Waals surface area contributed by atoms with E-state index in [9.17, 15) is 4.79 Å². The lowest BCUT2D eigenvalue weighted by Crippen LogP contribution is -2.32. The van der Waals surface area contributed by atoms with Gasteiger partial charge in [-0.2, -0.15) is 16.7 Å². The van der Waals surface area contributed by atoms with Gasteiger partial charge >= 0.3 is 5.97 Å². The van der Waals surface area contributed by atoms with Gasteiger partial charge in [0, 0.05) is 12.7 Å². The van der Waals surface area contributed by atoms with Gasteiger partial charge in [-0.1, -0.05) is 5.16 Å². The van der Waals surface area contributed by atoms with E-state index in [4.69, 9.17) is 15.4 Å². The second-order valence-electron chi connectivity index (χ2n) is 2.69. The van der Waals surface area contributed by atoms with Gasteiger partial charge in [-0.15, -0.1) is 0 Å². The van der Waals surface area contributed by atoms with Crippen LogP contribution in [0.1, 0.15) is 11.7 Å². The standard InChI is InChI=1S/C7H11N3O3S/c1-4-9-6(10-13-4)3-14-2-5(8)7(11)12/h5H,2-3,8H2,1H3,(H,11,12)/t5-/m1/s1. The number of aliphatic carboxylic acids is 1. The summed E-state index contributed by atoms with van der Waals surface area (Å²) in [5.74, 6) is 0.913. The fraction of sp³-hybridized carbons (Fsp3) is 0.571. The lowest BCUT2D eigenvalue weighted by Gasteiger charge is -2.03. The van der Waals surface area contributed by atoms with Crippen LogP contribution < -0.4 is 5.73 Å². The summed E-state index contributed by atoms with van der Waals surface area (Å²) in [6.07, 6.45) is 0. The van der Waals surface area contributed by atoms with Crippen LogP contribution >= 0.6 is 11.8 Å². The van der Waals surface area contributed by atoms with E-state index in [1.807, 2.05) is 0 Å². The van der Waals surface area contributed by atoms with Crippen molar-refractivity contribution in [2.45, 2.75) is 18.7 Å². The third kappa shape index (κ3) is 3.35. The first-order valence-corrected chi connectivity index (χ1v) is 5.10. The third-order valence-electron chi connectivity index (χ3n) is 1.42. The molecule has 78 valence electrons. The van der Waals surface area contributed by atoms with E-state index in [0.717, 1.165) is 0 Å². The molecule has 0 radical (unpaired) electrons. The van der Waals surface area contributed by atoms with Gasteiger partial charge in [0.25, 0.3) is 0 Å². The van der Waals surface area contributed by atoms with E-state index in [1.54, 1.807) is 6.92 Å². The molecule has 0 saturated carbocycles. The number of carbonyl (C=O) groups is 1. The molecule has 0 bridgehead atoms. The highest BCUT2D eigenvalue weighted by Gasteiger charge is 2.11. The molecule has 0 amide bonds. The lowest BCUT2D eigenvalue weighted by molar-refractivity contribution is -0.137. The van der Waals surface area contributed by atoms with Crippen molar-refractivity contribution in [2.75, 3.05) is 5.75 Å². The van der Waals surface area contributed by atoms with Crippen molar-refractivity contribution in [2.24, 2.45) is 5.73 Å². The van der Waals surface area contributed by atoms with Crippen LogP contribution in [0.15, 0.2) is 4.52 Å². The molecule has 0 fully saturated rings. The molecule has 0 spiro atoms. The summed E-state index contributed by atoms with van der Waals surface area (Å²) in [5.41, 5.74) is 5.30. The van der Waals surface area contributed by atoms with Crippen molar-refractivity contribution in [3.8, 4) is 0 Å². The Labute approximate surface area is 84.9 Å². The summed E-state index contributed by atoms with van der Waals surface area (Å²) >= 11 is 1.37. The molecular weight excluding hydrogens is 206 g/mol. The SMILES string of the molecule is Cc1nc(CSC[C@@H](N)C(=O)O)no1. The maximum Gasteiger partial charge on any atom is 0.321 e. The van der Waals surface area contributed by atoms with E-state index in [-0.39, 0.29) is 0 Å². The van der Waals surface area contributed by atoms with Crippen molar-refractivity contribution in [1.82, 2.24) is 10.1 Å². The smallest absolute Gasteiger partial charge is 0.321 e. The van der Waals surface area contributed by atoms with Crippen molar-refractivity contribution in [1.29, 1.82) is 0 Å². The first-order chi connectivity index (χ1) is 6.59. The Morgan fingerprint density at radius 3 is 3.00 bits per heavy atom. The predicted octanol–water partition coefficient (Wildman–Crippen LogP) is 0.0231. The minimum Gasteiger partial charge on any atom is -0.480 e. The Kier molecular flexibility index (Phi) is 3.90. The summed E-state index contributed by atoms with van der Waals surface area (Å²) in [7, 11) is 0. The number of hydrogen-bond acceptors (Lipinski definition) is 6. The Bertz CT molecular complexity index is 315. The molecule has 0 aliphatic rings. The Morgan fingerprint density at radius 2 is 2.50 bits per heavy atom. The molecule has 3 N–H and O–H groups in total. The molecule has 7 heteroatoms. The van der Waals surface area contributed by atoms with Crippen molar-refractivity contribution in [3.63, 3.8) is 0 Å². The van der Waals surface area contributed by atoms with Gasteiger partial charge in [0.15, 0.2) is 5.82 Å². The molecular formula is C7H11N3O3S. The lowest BCUT2D eigenvalue weighted by atomic mass is 10.4. The first-order valence-electron chi connectivity index (χ1n) is 3.95. The number of nitrogens with two attached hydrogens (primary N) is 1. The monoisotopic (exact) mass is 217 g/mol. The number of carboxylic acid groups (broad SMARTS) is 1. The zero-order chi connectivity index (χ0) is 10.6. The zero-order valence-corrected chi connectivity index (χ0v) is 8.45. The second kappa shape index (κ2) is 4.97. The average molecular weight is 217 g/mol. The van der Waals surface area contributed by atoms with Gasteiger partial charge in [-0.05, 0) is 0 Å². The van der Waals surface area contributed by atoms with Gasteiger partial charge in [0.05, 0.1) is 5.75 Å². The molecule has 0 aromatic carbocycles. The summed E-state index contributed by atoms with van der Waals surface area (Å²) < 4.78 is 4.75. The van der Waals surface area contributed by atoms with Gasteiger partial charge in [-0.3, -0.25) is 4.79 Å². The maximum absolute atomic E-state index is 10.4. The van der Waals surface area contributed by atoms with E-state index in [2.05, 4.69) is 10.1 Å². The number of hydrogen-bond donors (Lipinski definition) is 2. The number of thioether (sulfide) groups is 1. The Balaban J connectivity index is 2.25. The van der Waals surface area contributed by atoms with Crippen LogP contribution in [0.4, 0.5) is 0 Å². The summed E-state index contributed by atoms with van der Waals surface area (Å²) in [5, 5.41) is 12.2. The summed E-state index contributed by atoms with van der Waals surface area (Å²) in [6, 6.07) is -0.840. The van der Waals surface area contributed by atoms with Gasteiger partial charge in [0.2, 0.25) is 5.89 Å². The maximum atomic E-state index is 10.4. The van der Waals surface area contributed by atoms with Crippen LogP contribution in [-0.4, -0.2) is 33.0 Å². The van der Waals surface area contributed by atoms with Crippen LogP contribution in [0.2, 0.25) is 0 Å². The number of aromatic nitrogens is 2. The van der Waals surface area contributed by atoms with Gasteiger partial charge in [-0.25, -0.2) is 0 Å². The molecule has 14 heavy (non-hydrogen) atoms. The highest BCUT2D eigenvalue weighted by molar-refractivity contribution is 7.98. The molecule has 0 aliphatic heterocycles.